The van der Waals surface area contributed by atoms with Crippen LogP contribution in [0.3, 0.4) is 0 Å². The molecule has 0 aliphatic carbocycles. The van der Waals surface area contributed by atoms with Crippen molar-refractivity contribution in [3.05, 3.63) is 77.5 Å². The first kappa shape index (κ1) is 16.7. The zero-order valence-corrected chi connectivity index (χ0v) is 14.1. The molecule has 0 atom stereocenters. The highest BCUT2D eigenvalue weighted by Gasteiger charge is 2.17. The van der Waals surface area contributed by atoms with E-state index < -0.39 is 0 Å². The van der Waals surface area contributed by atoms with Gasteiger partial charge in [0.2, 0.25) is 0 Å². The van der Waals surface area contributed by atoms with Gasteiger partial charge in [0.05, 0.1) is 17.1 Å². The van der Waals surface area contributed by atoms with Crippen molar-refractivity contribution in [3.8, 4) is 6.07 Å². The maximum Gasteiger partial charge on any atom is 0.272 e. The first-order valence-corrected chi connectivity index (χ1v) is 8.35. The molecule has 124 valence electrons. The molecule has 1 aromatic heterocycles. The molecule has 0 radical (unpaired) electrons. The van der Waals surface area contributed by atoms with Crippen molar-refractivity contribution in [1.29, 1.82) is 5.26 Å². The molecular weight excluding hydrogens is 310 g/mol. The van der Waals surface area contributed by atoms with E-state index in [1.54, 1.807) is 23.1 Å². The zero-order chi connectivity index (χ0) is 17.6. The molecule has 0 unspecified atom stereocenters. The minimum absolute atomic E-state index is 0.0723. The lowest BCUT2D eigenvalue weighted by Crippen LogP contribution is -2.31. The molecule has 3 rings (SSSR count). The maximum atomic E-state index is 12.9. The Balaban J connectivity index is 1.84. The molecular formula is C21H19N3O. The molecule has 25 heavy (non-hydrogen) atoms. The number of nitriles is 1. The van der Waals surface area contributed by atoms with Crippen molar-refractivity contribution in [3.63, 3.8) is 0 Å². The monoisotopic (exact) mass is 329 g/mol. The highest BCUT2D eigenvalue weighted by Crippen LogP contribution is 2.15. The lowest BCUT2D eigenvalue weighted by molar-refractivity contribution is 0.0737. The van der Waals surface area contributed by atoms with Crippen LogP contribution >= 0.6 is 0 Å². The first-order valence-electron chi connectivity index (χ1n) is 8.35. The summed E-state index contributed by atoms with van der Waals surface area (Å²) in [6.45, 7) is 3.22. The summed E-state index contributed by atoms with van der Waals surface area (Å²) in [7, 11) is 0. The van der Waals surface area contributed by atoms with Crippen LogP contribution in [0.1, 0.15) is 35.0 Å². The molecule has 0 saturated carbocycles. The molecule has 0 aliphatic heterocycles. The van der Waals surface area contributed by atoms with Crippen LogP contribution in [0.15, 0.2) is 60.7 Å². The second-order valence-electron chi connectivity index (χ2n) is 5.92. The Labute approximate surface area is 147 Å². The van der Waals surface area contributed by atoms with Gasteiger partial charge in [0.1, 0.15) is 5.69 Å². The van der Waals surface area contributed by atoms with Crippen LogP contribution in [0.4, 0.5) is 0 Å². The van der Waals surface area contributed by atoms with Gasteiger partial charge in [-0.15, -0.1) is 0 Å². The predicted octanol–water partition coefficient (Wildman–Crippen LogP) is 4.16. The number of amides is 1. The molecule has 0 N–H and O–H groups in total. The molecule has 0 aliphatic rings. The fourth-order valence-corrected chi connectivity index (χ4v) is 2.77. The van der Waals surface area contributed by atoms with Crippen molar-refractivity contribution < 1.29 is 4.79 Å². The Morgan fingerprint density at radius 1 is 1.08 bits per heavy atom. The molecule has 0 saturated heterocycles. The summed E-state index contributed by atoms with van der Waals surface area (Å²) >= 11 is 0. The smallest absolute Gasteiger partial charge is 0.272 e. The Hall–Kier alpha value is -3.19. The highest BCUT2D eigenvalue weighted by molar-refractivity contribution is 5.94. The van der Waals surface area contributed by atoms with Gasteiger partial charge in [-0.05, 0) is 36.2 Å². The molecule has 0 spiro atoms. The minimum Gasteiger partial charge on any atom is -0.333 e. The van der Waals surface area contributed by atoms with Gasteiger partial charge in [-0.25, -0.2) is 4.98 Å². The summed E-state index contributed by atoms with van der Waals surface area (Å²) < 4.78 is 0. The van der Waals surface area contributed by atoms with Crippen molar-refractivity contribution in [2.75, 3.05) is 6.54 Å². The van der Waals surface area contributed by atoms with Crippen molar-refractivity contribution in [2.45, 2.75) is 19.9 Å². The van der Waals surface area contributed by atoms with Crippen molar-refractivity contribution in [1.82, 2.24) is 9.88 Å². The number of carbonyl (C=O) groups is 1. The van der Waals surface area contributed by atoms with Crippen LogP contribution < -0.4 is 0 Å². The Bertz CT molecular complexity index is 926. The fraction of sp³-hybridized carbons (Fsp3) is 0.190. The van der Waals surface area contributed by atoms with E-state index in [1.165, 1.54) is 0 Å². The largest absolute Gasteiger partial charge is 0.333 e. The summed E-state index contributed by atoms with van der Waals surface area (Å²) in [6.07, 6.45) is 0.871. The Morgan fingerprint density at radius 2 is 1.84 bits per heavy atom. The van der Waals surface area contributed by atoms with Gasteiger partial charge in [0, 0.05) is 18.5 Å². The van der Waals surface area contributed by atoms with Gasteiger partial charge in [-0.3, -0.25) is 4.79 Å². The Kier molecular flexibility index (Phi) is 5.06. The molecule has 4 heteroatoms. The summed E-state index contributed by atoms with van der Waals surface area (Å²) in [5.74, 6) is -0.0723. The second-order valence-corrected chi connectivity index (χ2v) is 5.92. The number of hydrogen-bond acceptors (Lipinski definition) is 3. The lowest BCUT2D eigenvalue weighted by atomic mass is 10.1. The molecule has 4 nitrogen and oxygen atoms in total. The van der Waals surface area contributed by atoms with Crippen LogP contribution in [0.25, 0.3) is 10.9 Å². The van der Waals surface area contributed by atoms with Gasteiger partial charge >= 0.3 is 0 Å². The number of para-hydroxylation sites is 1. The number of pyridine rings is 1. The lowest BCUT2D eigenvalue weighted by Gasteiger charge is -2.22. The molecule has 0 bridgehead atoms. The fourth-order valence-electron chi connectivity index (χ4n) is 2.77. The standard InChI is InChI=1S/C21H19N3O/c1-2-13-24(15-17-9-7-16(14-22)8-10-17)21(25)20-12-11-18-5-3-4-6-19(18)23-20/h3-12H,2,13,15H2,1H3. The summed E-state index contributed by atoms with van der Waals surface area (Å²) in [4.78, 5) is 19.2. The third-order valence-corrected chi connectivity index (χ3v) is 4.05. The van der Waals surface area contributed by atoms with E-state index >= 15 is 0 Å². The number of benzene rings is 2. The SMILES string of the molecule is CCCN(Cc1ccc(C#N)cc1)C(=O)c1ccc2ccccc2n1. The third-order valence-electron chi connectivity index (χ3n) is 4.05. The number of hydrogen-bond donors (Lipinski definition) is 0. The Morgan fingerprint density at radius 3 is 2.56 bits per heavy atom. The van der Waals surface area contributed by atoms with Crippen molar-refractivity contribution >= 4 is 16.8 Å². The number of aromatic nitrogens is 1. The molecule has 2 aromatic carbocycles. The van der Waals surface area contributed by atoms with E-state index in [4.69, 9.17) is 5.26 Å². The van der Waals surface area contributed by atoms with Crippen LogP contribution in [-0.4, -0.2) is 22.3 Å². The maximum absolute atomic E-state index is 12.9. The second kappa shape index (κ2) is 7.59. The topological polar surface area (TPSA) is 57.0 Å². The van der Waals surface area contributed by atoms with E-state index in [-0.39, 0.29) is 5.91 Å². The minimum atomic E-state index is -0.0723. The summed E-state index contributed by atoms with van der Waals surface area (Å²) in [5.41, 5.74) is 2.90. The number of carbonyl (C=O) groups excluding carboxylic acids is 1. The predicted molar refractivity (Wildman–Crippen MR) is 97.9 cm³/mol. The normalized spacial score (nSPS) is 10.4. The van der Waals surface area contributed by atoms with Gasteiger partial charge in [0.15, 0.2) is 0 Å². The zero-order valence-electron chi connectivity index (χ0n) is 14.1. The van der Waals surface area contributed by atoms with Gasteiger partial charge < -0.3 is 4.90 Å². The van der Waals surface area contributed by atoms with E-state index in [2.05, 4.69) is 11.1 Å². The van der Waals surface area contributed by atoms with E-state index in [9.17, 15) is 4.79 Å². The quantitative estimate of drug-likeness (QED) is 0.706. The summed E-state index contributed by atoms with van der Waals surface area (Å²) in [5, 5.41) is 9.92. The first-order chi connectivity index (χ1) is 12.2. The number of fused-ring (bicyclic) bond motifs is 1. The van der Waals surface area contributed by atoms with E-state index in [0.717, 1.165) is 22.9 Å². The van der Waals surface area contributed by atoms with Crippen LogP contribution in [-0.2, 0) is 6.54 Å². The average molecular weight is 329 g/mol. The molecule has 0 fully saturated rings. The van der Waals surface area contributed by atoms with Gasteiger partial charge in [0.25, 0.3) is 5.91 Å². The third kappa shape index (κ3) is 3.84. The molecule has 1 heterocycles. The van der Waals surface area contributed by atoms with Crippen LogP contribution in [0.2, 0.25) is 0 Å². The van der Waals surface area contributed by atoms with Gasteiger partial charge in [-0.1, -0.05) is 43.3 Å². The van der Waals surface area contributed by atoms with Gasteiger partial charge in [-0.2, -0.15) is 5.26 Å². The van der Waals surface area contributed by atoms with Crippen LogP contribution in [0.5, 0.6) is 0 Å². The summed E-state index contributed by atoms with van der Waals surface area (Å²) in [6, 6.07) is 20.9. The number of rotatable bonds is 5. The van der Waals surface area contributed by atoms with E-state index in [1.807, 2.05) is 49.4 Å². The molecule has 1 amide bonds. The highest BCUT2D eigenvalue weighted by atomic mass is 16.2. The average Bonchev–Trinajstić information content (AvgIpc) is 2.67. The molecule has 3 aromatic rings. The number of nitrogens with zero attached hydrogens (tertiary/aromatic N) is 3. The van der Waals surface area contributed by atoms with E-state index in [0.29, 0.717) is 24.3 Å². The van der Waals surface area contributed by atoms with Crippen LogP contribution in [0, 0.1) is 11.3 Å². The van der Waals surface area contributed by atoms with Crippen molar-refractivity contribution in [2.24, 2.45) is 0 Å².